The summed E-state index contributed by atoms with van der Waals surface area (Å²) in [6, 6.07) is 7.28. The summed E-state index contributed by atoms with van der Waals surface area (Å²) in [6.07, 6.45) is 2.47. The lowest BCUT2D eigenvalue weighted by Gasteiger charge is -2.33. The van der Waals surface area contributed by atoms with Gasteiger partial charge in [0.25, 0.3) is 0 Å². The number of piperidine rings is 1. The van der Waals surface area contributed by atoms with Gasteiger partial charge in [-0.05, 0) is 63.6 Å². The second kappa shape index (κ2) is 6.86. The van der Waals surface area contributed by atoms with E-state index in [9.17, 15) is 4.79 Å². The molecule has 0 unspecified atom stereocenters. The molecule has 0 atom stereocenters. The van der Waals surface area contributed by atoms with Crippen LogP contribution < -0.4 is 0 Å². The molecule has 1 saturated heterocycles. The van der Waals surface area contributed by atoms with Crippen molar-refractivity contribution in [3.8, 4) is 0 Å². The molecule has 1 N–H and O–H groups in total. The van der Waals surface area contributed by atoms with Gasteiger partial charge in [-0.3, -0.25) is 4.90 Å². The van der Waals surface area contributed by atoms with E-state index >= 15 is 0 Å². The number of carboxylic acid groups (broad SMARTS) is 1. The van der Waals surface area contributed by atoms with E-state index in [0.29, 0.717) is 5.56 Å². The zero-order valence-electron chi connectivity index (χ0n) is 12.4. The molecule has 0 aromatic heterocycles. The first-order valence-electron chi connectivity index (χ1n) is 7.24. The maximum Gasteiger partial charge on any atom is 0.335 e. The summed E-state index contributed by atoms with van der Waals surface area (Å²) in [5, 5.41) is 9.02. The molecule has 0 radical (unpaired) electrons. The summed E-state index contributed by atoms with van der Waals surface area (Å²) in [5.41, 5.74) is 1.47. The third-order valence-corrected chi connectivity index (χ3v) is 3.91. The fraction of sp³-hybridized carbons (Fsp3) is 0.562. The summed E-state index contributed by atoms with van der Waals surface area (Å²) < 4.78 is 0. The molecule has 1 heterocycles. The lowest BCUT2D eigenvalue weighted by molar-refractivity contribution is 0.0696. The van der Waals surface area contributed by atoms with Crippen molar-refractivity contribution in [2.45, 2.75) is 19.4 Å². The first kappa shape index (κ1) is 15.0. The highest BCUT2D eigenvalue weighted by Crippen LogP contribution is 2.19. The molecule has 4 heteroatoms. The van der Waals surface area contributed by atoms with Gasteiger partial charge in [0, 0.05) is 13.1 Å². The monoisotopic (exact) mass is 276 g/mol. The van der Waals surface area contributed by atoms with Gasteiger partial charge in [-0.2, -0.15) is 0 Å². The first-order chi connectivity index (χ1) is 9.54. The first-order valence-corrected chi connectivity index (χ1v) is 7.24. The number of nitrogens with zero attached hydrogens (tertiary/aromatic N) is 2. The fourth-order valence-electron chi connectivity index (χ4n) is 2.90. The van der Waals surface area contributed by atoms with Crippen molar-refractivity contribution in [1.29, 1.82) is 0 Å². The predicted octanol–water partition coefficient (Wildman–Crippen LogP) is 2.16. The Labute approximate surface area is 121 Å². The van der Waals surface area contributed by atoms with Gasteiger partial charge >= 0.3 is 5.97 Å². The van der Waals surface area contributed by atoms with E-state index in [1.165, 1.54) is 19.4 Å². The number of hydrogen-bond donors (Lipinski definition) is 1. The van der Waals surface area contributed by atoms with Crippen molar-refractivity contribution in [1.82, 2.24) is 9.80 Å². The molecule has 1 aliphatic heterocycles. The average molecular weight is 276 g/mol. The van der Waals surface area contributed by atoms with E-state index in [0.717, 1.165) is 31.1 Å². The van der Waals surface area contributed by atoms with Crippen LogP contribution in [0.25, 0.3) is 0 Å². The zero-order chi connectivity index (χ0) is 14.5. The van der Waals surface area contributed by atoms with Gasteiger partial charge in [0.05, 0.1) is 5.56 Å². The SMILES string of the molecule is CN(C)CC1CCN(Cc2cccc(C(=O)O)c2)CC1. The van der Waals surface area contributed by atoms with Crippen LogP contribution in [0.1, 0.15) is 28.8 Å². The Morgan fingerprint density at radius 2 is 2.05 bits per heavy atom. The highest BCUT2D eigenvalue weighted by molar-refractivity contribution is 5.87. The quantitative estimate of drug-likeness (QED) is 0.895. The van der Waals surface area contributed by atoms with Crippen molar-refractivity contribution in [2.75, 3.05) is 33.7 Å². The Bertz CT molecular complexity index is 452. The van der Waals surface area contributed by atoms with Gasteiger partial charge in [0.2, 0.25) is 0 Å². The second-order valence-corrected chi connectivity index (χ2v) is 5.99. The molecule has 1 aromatic rings. The second-order valence-electron chi connectivity index (χ2n) is 5.99. The summed E-state index contributed by atoms with van der Waals surface area (Å²) >= 11 is 0. The van der Waals surface area contributed by atoms with Crippen molar-refractivity contribution in [3.05, 3.63) is 35.4 Å². The maximum absolute atomic E-state index is 11.0. The van der Waals surface area contributed by atoms with E-state index in [1.807, 2.05) is 12.1 Å². The highest BCUT2D eigenvalue weighted by Gasteiger charge is 2.19. The number of carbonyl (C=O) groups is 1. The van der Waals surface area contributed by atoms with Crippen LogP contribution in [0, 0.1) is 5.92 Å². The van der Waals surface area contributed by atoms with E-state index in [4.69, 9.17) is 5.11 Å². The van der Waals surface area contributed by atoms with Crippen molar-refractivity contribution >= 4 is 5.97 Å². The smallest absolute Gasteiger partial charge is 0.335 e. The van der Waals surface area contributed by atoms with Crippen LogP contribution in [0.15, 0.2) is 24.3 Å². The van der Waals surface area contributed by atoms with Crippen LogP contribution in [0.4, 0.5) is 0 Å². The number of benzene rings is 1. The number of aromatic carboxylic acids is 1. The predicted molar refractivity (Wildman–Crippen MR) is 80.0 cm³/mol. The molecule has 0 spiro atoms. The lowest BCUT2D eigenvalue weighted by Crippen LogP contribution is -2.36. The van der Waals surface area contributed by atoms with E-state index in [1.54, 1.807) is 12.1 Å². The van der Waals surface area contributed by atoms with Gasteiger partial charge in [0.15, 0.2) is 0 Å². The summed E-state index contributed by atoms with van der Waals surface area (Å²) in [5.74, 6) is -0.0526. The van der Waals surface area contributed by atoms with Crippen LogP contribution in [-0.4, -0.2) is 54.6 Å². The minimum Gasteiger partial charge on any atom is -0.478 e. The fourth-order valence-corrected chi connectivity index (χ4v) is 2.90. The maximum atomic E-state index is 11.0. The lowest BCUT2D eigenvalue weighted by atomic mass is 9.96. The van der Waals surface area contributed by atoms with Crippen molar-refractivity contribution in [3.63, 3.8) is 0 Å². The standard InChI is InChI=1S/C16H24N2O2/c1-17(2)11-13-6-8-18(9-7-13)12-14-4-3-5-15(10-14)16(19)20/h3-5,10,13H,6-9,11-12H2,1-2H3,(H,19,20). The van der Waals surface area contributed by atoms with Crippen LogP contribution >= 0.6 is 0 Å². The van der Waals surface area contributed by atoms with Crippen LogP contribution in [0.3, 0.4) is 0 Å². The average Bonchev–Trinajstić information content (AvgIpc) is 2.41. The largest absolute Gasteiger partial charge is 0.478 e. The number of rotatable bonds is 5. The van der Waals surface area contributed by atoms with Crippen LogP contribution in [0.2, 0.25) is 0 Å². The summed E-state index contributed by atoms with van der Waals surface area (Å²) in [6.45, 7) is 4.24. The van der Waals surface area contributed by atoms with Crippen molar-refractivity contribution in [2.24, 2.45) is 5.92 Å². The minimum atomic E-state index is -0.850. The molecule has 20 heavy (non-hydrogen) atoms. The molecular weight excluding hydrogens is 252 g/mol. The van der Waals surface area contributed by atoms with Gasteiger partial charge < -0.3 is 10.0 Å². The zero-order valence-corrected chi connectivity index (χ0v) is 12.4. The Balaban J connectivity index is 1.86. The van der Waals surface area contributed by atoms with E-state index in [2.05, 4.69) is 23.9 Å². The molecule has 2 rings (SSSR count). The molecule has 1 fully saturated rings. The normalized spacial score (nSPS) is 17.6. The van der Waals surface area contributed by atoms with Gasteiger partial charge in [-0.15, -0.1) is 0 Å². The van der Waals surface area contributed by atoms with Gasteiger partial charge in [-0.1, -0.05) is 12.1 Å². The molecule has 1 aliphatic rings. The molecule has 0 bridgehead atoms. The molecular formula is C16H24N2O2. The molecule has 1 aromatic carbocycles. The van der Waals surface area contributed by atoms with Crippen molar-refractivity contribution < 1.29 is 9.90 Å². The van der Waals surface area contributed by atoms with E-state index in [-0.39, 0.29) is 0 Å². The number of likely N-dealkylation sites (tertiary alicyclic amines) is 1. The Hall–Kier alpha value is -1.39. The van der Waals surface area contributed by atoms with E-state index < -0.39 is 5.97 Å². The number of hydrogen-bond acceptors (Lipinski definition) is 3. The minimum absolute atomic E-state index is 0.380. The summed E-state index contributed by atoms with van der Waals surface area (Å²) in [7, 11) is 4.26. The Morgan fingerprint density at radius 1 is 1.35 bits per heavy atom. The molecule has 0 amide bonds. The van der Waals surface area contributed by atoms with Gasteiger partial charge in [-0.25, -0.2) is 4.79 Å². The summed E-state index contributed by atoms with van der Waals surface area (Å²) in [4.78, 5) is 15.7. The molecule has 0 aliphatic carbocycles. The number of carboxylic acids is 1. The Morgan fingerprint density at radius 3 is 2.65 bits per heavy atom. The third kappa shape index (κ3) is 4.32. The third-order valence-electron chi connectivity index (χ3n) is 3.91. The molecule has 0 saturated carbocycles. The van der Waals surface area contributed by atoms with Crippen LogP contribution in [0.5, 0.6) is 0 Å². The Kier molecular flexibility index (Phi) is 5.15. The topological polar surface area (TPSA) is 43.8 Å². The molecule has 4 nitrogen and oxygen atoms in total. The molecule has 110 valence electrons. The van der Waals surface area contributed by atoms with Crippen LogP contribution in [-0.2, 0) is 6.54 Å². The van der Waals surface area contributed by atoms with Gasteiger partial charge in [0.1, 0.15) is 0 Å². The highest BCUT2D eigenvalue weighted by atomic mass is 16.4.